The zero-order valence-electron chi connectivity index (χ0n) is 9.03. The maximum atomic E-state index is 11.5. The molecule has 0 bridgehead atoms. The number of hydrogen-bond donors (Lipinski definition) is 0. The Morgan fingerprint density at radius 1 is 1.50 bits per heavy atom. The van der Waals surface area contributed by atoms with Crippen LogP contribution in [0.15, 0.2) is 0 Å². The van der Waals surface area contributed by atoms with E-state index in [9.17, 15) is 9.59 Å². The largest absolute Gasteiger partial charge is 0.468 e. The van der Waals surface area contributed by atoms with Crippen LogP contribution in [0.5, 0.6) is 0 Å². The van der Waals surface area contributed by atoms with Crippen molar-refractivity contribution in [2.45, 2.75) is 12.8 Å². The highest BCUT2D eigenvalue weighted by Gasteiger charge is 2.43. The molecule has 5 nitrogen and oxygen atoms in total. The number of esters is 1. The fraction of sp³-hybridized carbons (Fsp3) is 0.700. The Hall–Kier alpha value is -1.28. The van der Waals surface area contributed by atoms with Crippen LogP contribution in [0.25, 0.3) is 0 Å². The quantitative estimate of drug-likeness (QED) is 0.525. The van der Waals surface area contributed by atoms with E-state index in [1.165, 1.54) is 7.11 Å². The Morgan fingerprint density at radius 3 is 2.44 bits per heavy atom. The molecule has 6 heteroatoms. The van der Waals surface area contributed by atoms with Gasteiger partial charge in [-0.05, 0) is 12.8 Å². The van der Waals surface area contributed by atoms with Gasteiger partial charge in [-0.3, -0.25) is 9.59 Å². The van der Waals surface area contributed by atoms with Crippen molar-refractivity contribution in [1.82, 2.24) is 4.90 Å². The van der Waals surface area contributed by atoms with Gasteiger partial charge in [0, 0.05) is 13.1 Å². The molecule has 0 aliphatic carbocycles. The topological polar surface area (TPSA) is 70.4 Å². The molecule has 1 aliphatic rings. The van der Waals surface area contributed by atoms with E-state index in [2.05, 4.69) is 4.74 Å². The van der Waals surface area contributed by atoms with Crippen LogP contribution < -0.4 is 0 Å². The van der Waals surface area contributed by atoms with Crippen LogP contribution in [-0.4, -0.2) is 42.9 Å². The molecule has 0 saturated carbocycles. The third kappa shape index (κ3) is 2.27. The third-order valence-corrected chi connectivity index (χ3v) is 3.10. The van der Waals surface area contributed by atoms with Gasteiger partial charge >= 0.3 is 5.97 Å². The Bertz CT molecular complexity index is 329. The van der Waals surface area contributed by atoms with Crippen molar-refractivity contribution in [3.63, 3.8) is 0 Å². The molecule has 0 atom stereocenters. The molecule has 0 N–H and O–H groups in total. The number of nitriles is 1. The minimum absolute atomic E-state index is 0.0716. The third-order valence-electron chi connectivity index (χ3n) is 2.87. The second kappa shape index (κ2) is 5.17. The lowest BCUT2D eigenvalue weighted by Gasteiger charge is -2.34. The first-order chi connectivity index (χ1) is 7.59. The van der Waals surface area contributed by atoms with Crippen LogP contribution in [0.1, 0.15) is 12.8 Å². The van der Waals surface area contributed by atoms with Crippen molar-refractivity contribution in [3.05, 3.63) is 0 Å². The number of methoxy groups -OCH3 is 1. The average Bonchev–Trinajstić information content (AvgIpc) is 2.36. The first-order valence-electron chi connectivity index (χ1n) is 4.93. The van der Waals surface area contributed by atoms with Gasteiger partial charge in [0.2, 0.25) is 5.91 Å². The number of piperidine rings is 1. The standard InChI is InChI=1S/C10H13ClN2O3/c1-16-9(15)10(7-12)2-4-13(5-3-10)8(14)6-11/h2-6H2,1H3. The molecule has 0 spiro atoms. The van der Waals surface area contributed by atoms with E-state index in [4.69, 9.17) is 16.9 Å². The summed E-state index contributed by atoms with van der Waals surface area (Å²) in [4.78, 5) is 24.4. The van der Waals surface area contributed by atoms with E-state index >= 15 is 0 Å². The smallest absolute Gasteiger partial charge is 0.326 e. The molecule has 1 fully saturated rings. The van der Waals surface area contributed by atoms with Crippen molar-refractivity contribution in [1.29, 1.82) is 5.26 Å². The first kappa shape index (κ1) is 12.8. The SMILES string of the molecule is COC(=O)C1(C#N)CCN(C(=O)CCl)CC1. The summed E-state index contributed by atoms with van der Waals surface area (Å²) in [6.45, 7) is 0.739. The summed E-state index contributed by atoms with van der Waals surface area (Å²) in [5.74, 6) is -0.760. The van der Waals surface area contributed by atoms with Crippen molar-refractivity contribution in [2.75, 3.05) is 26.1 Å². The fourth-order valence-electron chi connectivity index (χ4n) is 1.78. The van der Waals surface area contributed by atoms with Crippen LogP contribution in [0.4, 0.5) is 0 Å². The number of halogens is 1. The molecule has 1 rings (SSSR count). The summed E-state index contributed by atoms with van der Waals surface area (Å²) in [6.07, 6.45) is 0.609. The zero-order valence-corrected chi connectivity index (χ0v) is 9.79. The summed E-state index contributed by atoms with van der Waals surface area (Å²) in [6, 6.07) is 2.00. The number of hydrogen-bond acceptors (Lipinski definition) is 4. The average molecular weight is 245 g/mol. The molecule has 16 heavy (non-hydrogen) atoms. The minimum atomic E-state index is -1.10. The second-order valence-electron chi connectivity index (χ2n) is 3.70. The Balaban J connectivity index is 2.69. The molecule has 0 unspecified atom stereocenters. The summed E-state index contributed by atoms with van der Waals surface area (Å²) in [5.41, 5.74) is -1.10. The van der Waals surface area contributed by atoms with Gasteiger partial charge in [0.05, 0.1) is 13.2 Å². The van der Waals surface area contributed by atoms with Gasteiger partial charge in [-0.2, -0.15) is 5.26 Å². The Morgan fingerprint density at radius 2 is 2.06 bits per heavy atom. The fourth-order valence-corrected chi connectivity index (χ4v) is 1.95. The summed E-state index contributed by atoms with van der Waals surface area (Å²) in [5, 5.41) is 9.04. The van der Waals surface area contributed by atoms with E-state index in [-0.39, 0.29) is 11.8 Å². The minimum Gasteiger partial charge on any atom is -0.468 e. The summed E-state index contributed by atoms with van der Waals surface area (Å²) >= 11 is 5.43. The van der Waals surface area contributed by atoms with Gasteiger partial charge in [0.25, 0.3) is 0 Å². The molecule has 0 aromatic carbocycles. The molecular weight excluding hydrogens is 232 g/mol. The van der Waals surface area contributed by atoms with Gasteiger partial charge in [0.15, 0.2) is 5.41 Å². The highest BCUT2D eigenvalue weighted by molar-refractivity contribution is 6.27. The molecule has 1 aliphatic heterocycles. The lowest BCUT2D eigenvalue weighted by Crippen LogP contribution is -2.46. The van der Waals surface area contributed by atoms with E-state index in [0.717, 1.165) is 0 Å². The number of nitrogens with zero attached hydrogens (tertiary/aromatic N) is 2. The van der Waals surface area contributed by atoms with E-state index in [0.29, 0.717) is 25.9 Å². The lowest BCUT2D eigenvalue weighted by molar-refractivity contribution is -0.153. The van der Waals surface area contributed by atoms with Gasteiger partial charge in [-0.1, -0.05) is 0 Å². The highest BCUT2D eigenvalue weighted by atomic mass is 35.5. The molecule has 0 aromatic rings. The number of carbonyl (C=O) groups is 2. The van der Waals surface area contributed by atoms with Crippen LogP contribution in [0.2, 0.25) is 0 Å². The van der Waals surface area contributed by atoms with E-state index in [1.807, 2.05) is 6.07 Å². The normalized spacial score (nSPS) is 18.7. The molecule has 0 aromatic heterocycles. The molecule has 1 heterocycles. The predicted molar refractivity (Wildman–Crippen MR) is 56.6 cm³/mol. The number of rotatable bonds is 2. The monoisotopic (exact) mass is 244 g/mol. The molecule has 0 radical (unpaired) electrons. The van der Waals surface area contributed by atoms with E-state index in [1.54, 1.807) is 4.90 Å². The Labute approximate surface area is 98.9 Å². The molecule has 88 valence electrons. The maximum Gasteiger partial charge on any atom is 0.326 e. The van der Waals surface area contributed by atoms with Gasteiger partial charge in [0.1, 0.15) is 5.88 Å². The molecule has 1 saturated heterocycles. The van der Waals surface area contributed by atoms with Crippen molar-refractivity contribution in [2.24, 2.45) is 5.41 Å². The number of carbonyl (C=O) groups excluding carboxylic acids is 2. The van der Waals surface area contributed by atoms with Crippen LogP contribution >= 0.6 is 11.6 Å². The Kier molecular flexibility index (Phi) is 4.13. The van der Waals surface area contributed by atoms with Gasteiger partial charge in [-0.25, -0.2) is 0 Å². The van der Waals surface area contributed by atoms with Crippen molar-refractivity contribution in [3.8, 4) is 6.07 Å². The predicted octanol–water partition coefficient (Wildman–Crippen LogP) is 0.531. The van der Waals surface area contributed by atoms with Crippen molar-refractivity contribution < 1.29 is 14.3 Å². The lowest BCUT2D eigenvalue weighted by atomic mass is 9.80. The molecular formula is C10H13ClN2O3. The number of likely N-dealkylation sites (tertiary alicyclic amines) is 1. The summed E-state index contributed by atoms with van der Waals surface area (Å²) in [7, 11) is 1.26. The van der Waals surface area contributed by atoms with Gasteiger partial charge in [-0.15, -0.1) is 11.6 Å². The number of amides is 1. The van der Waals surface area contributed by atoms with Crippen LogP contribution in [0, 0.1) is 16.7 Å². The van der Waals surface area contributed by atoms with Crippen LogP contribution in [-0.2, 0) is 14.3 Å². The van der Waals surface area contributed by atoms with Crippen molar-refractivity contribution >= 4 is 23.5 Å². The van der Waals surface area contributed by atoms with Gasteiger partial charge < -0.3 is 9.64 Å². The number of alkyl halides is 1. The zero-order chi connectivity index (χ0) is 12.2. The summed E-state index contributed by atoms with van der Waals surface area (Å²) < 4.78 is 4.62. The second-order valence-corrected chi connectivity index (χ2v) is 3.97. The molecule has 1 amide bonds. The number of ether oxygens (including phenoxy) is 1. The highest BCUT2D eigenvalue weighted by Crippen LogP contribution is 2.32. The maximum absolute atomic E-state index is 11.5. The first-order valence-corrected chi connectivity index (χ1v) is 5.46. The van der Waals surface area contributed by atoms with E-state index < -0.39 is 11.4 Å². The van der Waals surface area contributed by atoms with Crippen LogP contribution in [0.3, 0.4) is 0 Å².